The second kappa shape index (κ2) is 3.26. The molecule has 0 spiro atoms. The lowest BCUT2D eigenvalue weighted by Crippen LogP contribution is -2.10. The molecule has 0 aromatic heterocycles. The van der Waals surface area contributed by atoms with Crippen LogP contribution in [0.5, 0.6) is 0 Å². The number of ketones is 1. The van der Waals surface area contributed by atoms with Crippen molar-refractivity contribution in [3.63, 3.8) is 0 Å². The van der Waals surface area contributed by atoms with Gasteiger partial charge in [-0.15, -0.1) is 0 Å². The van der Waals surface area contributed by atoms with Gasteiger partial charge in [0.15, 0.2) is 5.78 Å². The summed E-state index contributed by atoms with van der Waals surface area (Å²) in [6, 6.07) is 0. The molecule has 64 valence electrons. The molecule has 2 rings (SSSR count). The zero-order valence-corrected chi connectivity index (χ0v) is 7.31. The van der Waals surface area contributed by atoms with Crippen LogP contribution in [0.4, 0.5) is 0 Å². The van der Waals surface area contributed by atoms with Gasteiger partial charge in [-0.05, 0) is 37.7 Å². The van der Waals surface area contributed by atoms with Gasteiger partial charge in [0, 0.05) is 6.42 Å². The summed E-state index contributed by atoms with van der Waals surface area (Å²) < 4.78 is 0. The van der Waals surface area contributed by atoms with Gasteiger partial charge >= 0.3 is 0 Å². The number of rotatable bonds is 0. The molecule has 0 atom stereocenters. The first-order valence-electron chi connectivity index (χ1n) is 4.77. The predicted molar refractivity (Wildman–Crippen MR) is 48.9 cm³/mol. The standard InChI is InChI=1S/C11H14O/c12-11-8-4-6-9-5-2-1-3-7-10(9)11/h1,3H,2,4-8H2. The van der Waals surface area contributed by atoms with Gasteiger partial charge in [0.1, 0.15) is 0 Å². The number of Topliss-reactive ketones (excluding diaryl/α,β-unsaturated/α-hetero) is 1. The minimum atomic E-state index is 0.405. The summed E-state index contributed by atoms with van der Waals surface area (Å²) in [5.74, 6) is 0.405. The third-order valence-electron chi connectivity index (χ3n) is 2.75. The van der Waals surface area contributed by atoms with Crippen LogP contribution in [0.25, 0.3) is 0 Å². The molecule has 2 aliphatic carbocycles. The Morgan fingerprint density at radius 1 is 1.08 bits per heavy atom. The highest BCUT2D eigenvalue weighted by atomic mass is 16.1. The van der Waals surface area contributed by atoms with Gasteiger partial charge in [-0.1, -0.05) is 17.7 Å². The topological polar surface area (TPSA) is 17.1 Å². The zero-order valence-electron chi connectivity index (χ0n) is 7.31. The molecule has 0 saturated carbocycles. The van der Waals surface area contributed by atoms with Crippen LogP contribution < -0.4 is 0 Å². The molecule has 12 heavy (non-hydrogen) atoms. The summed E-state index contributed by atoms with van der Waals surface area (Å²) in [4.78, 5) is 11.5. The van der Waals surface area contributed by atoms with Gasteiger partial charge in [-0.3, -0.25) is 4.79 Å². The highest BCUT2D eigenvalue weighted by Gasteiger charge is 2.19. The summed E-state index contributed by atoms with van der Waals surface area (Å²) in [6.45, 7) is 0. The van der Waals surface area contributed by atoms with E-state index in [2.05, 4.69) is 12.2 Å². The Morgan fingerprint density at radius 2 is 2.00 bits per heavy atom. The van der Waals surface area contributed by atoms with Crippen LogP contribution in [0.3, 0.4) is 0 Å². The van der Waals surface area contributed by atoms with E-state index in [1.807, 2.05) is 0 Å². The summed E-state index contributed by atoms with van der Waals surface area (Å²) in [6.07, 6.45) is 10.5. The number of carbonyl (C=O) groups excluding carboxylic acids is 1. The molecule has 0 heterocycles. The van der Waals surface area contributed by atoms with Crippen molar-refractivity contribution in [2.45, 2.75) is 38.5 Å². The van der Waals surface area contributed by atoms with E-state index in [4.69, 9.17) is 0 Å². The van der Waals surface area contributed by atoms with Gasteiger partial charge in [0.2, 0.25) is 0 Å². The fourth-order valence-electron chi connectivity index (χ4n) is 2.07. The molecule has 1 nitrogen and oxygen atoms in total. The molecule has 0 fully saturated rings. The smallest absolute Gasteiger partial charge is 0.159 e. The molecule has 0 radical (unpaired) electrons. The maximum Gasteiger partial charge on any atom is 0.159 e. The fourth-order valence-corrected chi connectivity index (χ4v) is 2.07. The molecule has 2 aliphatic rings. The van der Waals surface area contributed by atoms with Gasteiger partial charge < -0.3 is 0 Å². The molecule has 0 aromatic rings. The van der Waals surface area contributed by atoms with Crippen molar-refractivity contribution in [2.24, 2.45) is 0 Å². The molecule has 0 saturated heterocycles. The van der Waals surface area contributed by atoms with Crippen molar-refractivity contribution in [3.05, 3.63) is 23.3 Å². The van der Waals surface area contributed by atoms with E-state index in [0.717, 1.165) is 37.7 Å². The Labute approximate surface area is 73.2 Å². The average molecular weight is 162 g/mol. The molecule has 1 heteroatoms. The van der Waals surface area contributed by atoms with E-state index in [1.165, 1.54) is 12.0 Å². The lowest BCUT2D eigenvalue weighted by Gasteiger charge is -2.16. The second-order valence-corrected chi connectivity index (χ2v) is 3.57. The van der Waals surface area contributed by atoms with Crippen molar-refractivity contribution in [1.29, 1.82) is 0 Å². The number of carbonyl (C=O) groups is 1. The third-order valence-corrected chi connectivity index (χ3v) is 2.75. The Balaban J connectivity index is 2.29. The van der Waals surface area contributed by atoms with E-state index >= 15 is 0 Å². The van der Waals surface area contributed by atoms with Crippen molar-refractivity contribution >= 4 is 5.78 Å². The quantitative estimate of drug-likeness (QED) is 0.500. The minimum Gasteiger partial charge on any atom is -0.295 e. The normalized spacial score (nSPS) is 23.8. The zero-order chi connectivity index (χ0) is 8.39. The predicted octanol–water partition coefficient (Wildman–Crippen LogP) is 2.78. The van der Waals surface area contributed by atoms with Crippen molar-refractivity contribution < 1.29 is 4.79 Å². The minimum absolute atomic E-state index is 0.405. The molecular weight excluding hydrogens is 148 g/mol. The summed E-state index contributed by atoms with van der Waals surface area (Å²) >= 11 is 0. The lowest BCUT2D eigenvalue weighted by molar-refractivity contribution is -0.116. The average Bonchev–Trinajstić information content (AvgIpc) is 2.30. The molecule has 0 unspecified atom stereocenters. The number of hydrogen-bond acceptors (Lipinski definition) is 1. The summed E-state index contributed by atoms with van der Waals surface area (Å²) in [5, 5.41) is 0. The third kappa shape index (κ3) is 1.36. The summed E-state index contributed by atoms with van der Waals surface area (Å²) in [5.41, 5.74) is 2.58. The fraction of sp³-hybridized carbons (Fsp3) is 0.545. The van der Waals surface area contributed by atoms with Crippen LogP contribution in [0.2, 0.25) is 0 Å². The first-order valence-corrected chi connectivity index (χ1v) is 4.77. The largest absolute Gasteiger partial charge is 0.295 e. The first-order chi connectivity index (χ1) is 5.88. The Bertz CT molecular complexity index is 258. The van der Waals surface area contributed by atoms with Crippen LogP contribution in [0.15, 0.2) is 23.3 Å². The van der Waals surface area contributed by atoms with E-state index in [1.54, 1.807) is 0 Å². The molecule has 0 N–H and O–H groups in total. The SMILES string of the molecule is O=C1CCCC2=C1CC=CCC2. The molecular formula is C11H14O. The molecule has 0 amide bonds. The maximum atomic E-state index is 11.5. The van der Waals surface area contributed by atoms with Gasteiger partial charge in [0.25, 0.3) is 0 Å². The van der Waals surface area contributed by atoms with Gasteiger partial charge in [-0.25, -0.2) is 0 Å². The Kier molecular flexibility index (Phi) is 2.11. The first kappa shape index (κ1) is 7.78. The molecule has 0 aliphatic heterocycles. The Morgan fingerprint density at radius 3 is 2.92 bits per heavy atom. The molecule has 0 bridgehead atoms. The van der Waals surface area contributed by atoms with E-state index in [0.29, 0.717) is 5.78 Å². The van der Waals surface area contributed by atoms with Crippen LogP contribution >= 0.6 is 0 Å². The maximum absolute atomic E-state index is 11.5. The van der Waals surface area contributed by atoms with E-state index in [9.17, 15) is 4.79 Å². The highest BCUT2D eigenvalue weighted by molar-refractivity contribution is 5.97. The van der Waals surface area contributed by atoms with Crippen molar-refractivity contribution in [1.82, 2.24) is 0 Å². The number of hydrogen-bond donors (Lipinski definition) is 0. The van der Waals surface area contributed by atoms with Gasteiger partial charge in [0.05, 0.1) is 0 Å². The van der Waals surface area contributed by atoms with Crippen molar-refractivity contribution in [2.75, 3.05) is 0 Å². The monoisotopic (exact) mass is 162 g/mol. The number of allylic oxidation sites excluding steroid dienone is 4. The van der Waals surface area contributed by atoms with E-state index < -0.39 is 0 Å². The molecule has 0 aromatic carbocycles. The van der Waals surface area contributed by atoms with Crippen molar-refractivity contribution in [3.8, 4) is 0 Å². The lowest BCUT2D eigenvalue weighted by atomic mass is 9.88. The highest BCUT2D eigenvalue weighted by Crippen LogP contribution is 2.29. The second-order valence-electron chi connectivity index (χ2n) is 3.57. The summed E-state index contributed by atoms with van der Waals surface area (Å²) in [7, 11) is 0. The Hall–Kier alpha value is -0.850. The van der Waals surface area contributed by atoms with Crippen LogP contribution in [0, 0.1) is 0 Å². The van der Waals surface area contributed by atoms with Gasteiger partial charge in [-0.2, -0.15) is 0 Å². The van der Waals surface area contributed by atoms with E-state index in [-0.39, 0.29) is 0 Å². The van der Waals surface area contributed by atoms with Crippen LogP contribution in [-0.4, -0.2) is 5.78 Å². The van der Waals surface area contributed by atoms with Crippen LogP contribution in [0.1, 0.15) is 38.5 Å². The van der Waals surface area contributed by atoms with Crippen LogP contribution in [-0.2, 0) is 4.79 Å².